The Labute approximate surface area is 161 Å². The molecule has 0 spiro atoms. The first kappa shape index (κ1) is 17.8. The molecule has 3 heterocycles. The SMILES string of the molecule is CCCC1(CCC)CCC2=C(N1)N1CC=CN=C1C(=O)N2c1ccccc1. The summed E-state index contributed by atoms with van der Waals surface area (Å²) in [5.74, 6) is 1.54. The van der Waals surface area contributed by atoms with Crippen molar-refractivity contribution in [2.24, 2.45) is 4.99 Å². The molecule has 0 saturated heterocycles. The van der Waals surface area contributed by atoms with Crippen LogP contribution >= 0.6 is 0 Å². The van der Waals surface area contributed by atoms with E-state index in [-0.39, 0.29) is 11.4 Å². The van der Waals surface area contributed by atoms with Crippen molar-refractivity contribution < 1.29 is 4.79 Å². The number of fused-ring (bicyclic) bond motifs is 2. The Balaban J connectivity index is 1.81. The molecule has 5 heteroatoms. The lowest BCUT2D eigenvalue weighted by molar-refractivity contribution is -0.113. The van der Waals surface area contributed by atoms with Gasteiger partial charge in [0.05, 0.1) is 5.70 Å². The van der Waals surface area contributed by atoms with E-state index < -0.39 is 0 Å². The van der Waals surface area contributed by atoms with E-state index in [1.54, 1.807) is 6.20 Å². The Hall–Kier alpha value is -2.56. The third-order valence-corrected chi connectivity index (χ3v) is 5.75. The zero-order chi connectivity index (χ0) is 18.9. The van der Waals surface area contributed by atoms with E-state index in [0.29, 0.717) is 12.4 Å². The van der Waals surface area contributed by atoms with E-state index in [4.69, 9.17) is 0 Å². The molecule has 0 atom stereocenters. The van der Waals surface area contributed by atoms with Crippen LogP contribution < -0.4 is 10.2 Å². The molecule has 1 aromatic rings. The van der Waals surface area contributed by atoms with Crippen LogP contribution in [0.5, 0.6) is 0 Å². The second-order valence-electron chi connectivity index (χ2n) is 7.62. The first-order valence-electron chi connectivity index (χ1n) is 10.1. The zero-order valence-corrected chi connectivity index (χ0v) is 16.2. The number of aliphatic imine (C=N–C) groups is 1. The van der Waals surface area contributed by atoms with Crippen molar-refractivity contribution in [1.29, 1.82) is 0 Å². The standard InChI is InChI=1S/C22H28N4O/c1-3-12-22(13-4-2)14-11-18-19(24-22)25-16-8-15-23-20(25)21(27)26(18)17-9-6-5-7-10-17/h5-10,15,24H,3-4,11-14,16H2,1-2H3. The van der Waals surface area contributed by atoms with Gasteiger partial charge in [-0.2, -0.15) is 0 Å². The van der Waals surface area contributed by atoms with E-state index in [9.17, 15) is 4.79 Å². The molecule has 27 heavy (non-hydrogen) atoms. The second-order valence-corrected chi connectivity index (χ2v) is 7.62. The van der Waals surface area contributed by atoms with Crippen molar-refractivity contribution >= 4 is 17.4 Å². The fraction of sp³-hybridized carbons (Fsp3) is 0.455. The van der Waals surface area contributed by atoms with Crippen molar-refractivity contribution in [3.05, 3.63) is 54.1 Å². The van der Waals surface area contributed by atoms with Crippen LogP contribution in [0.3, 0.4) is 0 Å². The van der Waals surface area contributed by atoms with Gasteiger partial charge in [-0.15, -0.1) is 0 Å². The highest BCUT2D eigenvalue weighted by atomic mass is 16.2. The highest BCUT2D eigenvalue weighted by molar-refractivity contribution is 6.44. The highest BCUT2D eigenvalue weighted by Crippen LogP contribution is 2.39. The van der Waals surface area contributed by atoms with Gasteiger partial charge in [-0.3, -0.25) is 9.69 Å². The van der Waals surface area contributed by atoms with Gasteiger partial charge < -0.3 is 10.2 Å². The van der Waals surface area contributed by atoms with Gasteiger partial charge in [0.2, 0.25) is 5.84 Å². The molecule has 1 amide bonds. The van der Waals surface area contributed by atoms with Crippen LogP contribution in [0.1, 0.15) is 52.4 Å². The van der Waals surface area contributed by atoms with Gasteiger partial charge in [-0.05, 0) is 43.9 Å². The van der Waals surface area contributed by atoms with Crippen molar-refractivity contribution in [3.8, 4) is 0 Å². The van der Waals surface area contributed by atoms with Crippen molar-refractivity contribution in [1.82, 2.24) is 10.2 Å². The minimum Gasteiger partial charge on any atom is -0.364 e. The maximum absolute atomic E-state index is 13.3. The molecule has 0 radical (unpaired) electrons. The number of amides is 1. The Morgan fingerprint density at radius 3 is 2.59 bits per heavy atom. The Bertz CT molecular complexity index is 803. The molecule has 0 unspecified atom stereocenters. The minimum atomic E-state index is -0.0374. The average Bonchev–Trinajstić information content (AvgIpc) is 2.70. The van der Waals surface area contributed by atoms with Crippen molar-refractivity contribution in [2.45, 2.75) is 57.9 Å². The number of hydrogen-bond donors (Lipinski definition) is 1. The number of amidine groups is 1. The lowest BCUT2D eigenvalue weighted by Crippen LogP contribution is -2.60. The van der Waals surface area contributed by atoms with Gasteiger partial charge in [0.1, 0.15) is 5.82 Å². The quantitative estimate of drug-likeness (QED) is 0.854. The molecule has 0 bridgehead atoms. The molecule has 0 saturated carbocycles. The predicted molar refractivity (Wildman–Crippen MR) is 109 cm³/mol. The summed E-state index contributed by atoms with van der Waals surface area (Å²) in [4.78, 5) is 21.6. The molecule has 4 rings (SSSR count). The molecule has 3 aliphatic rings. The number of hydrogen-bond acceptors (Lipinski definition) is 4. The van der Waals surface area contributed by atoms with Gasteiger partial charge in [0, 0.05) is 24.0 Å². The average molecular weight is 364 g/mol. The summed E-state index contributed by atoms with van der Waals surface area (Å²) in [6.45, 7) is 5.19. The van der Waals surface area contributed by atoms with E-state index >= 15 is 0 Å². The molecular weight excluding hydrogens is 336 g/mol. The number of rotatable bonds is 5. The van der Waals surface area contributed by atoms with Crippen molar-refractivity contribution in [2.75, 3.05) is 11.4 Å². The molecule has 0 aromatic heterocycles. The largest absolute Gasteiger partial charge is 0.364 e. The molecule has 3 aliphatic heterocycles. The zero-order valence-electron chi connectivity index (χ0n) is 16.2. The summed E-state index contributed by atoms with van der Waals surface area (Å²) >= 11 is 0. The molecule has 142 valence electrons. The van der Waals surface area contributed by atoms with Gasteiger partial charge in [-0.1, -0.05) is 44.9 Å². The van der Waals surface area contributed by atoms with Gasteiger partial charge in [0.25, 0.3) is 5.91 Å². The van der Waals surface area contributed by atoms with Crippen molar-refractivity contribution in [3.63, 3.8) is 0 Å². The number of para-hydroxylation sites is 1. The predicted octanol–water partition coefficient (Wildman–Crippen LogP) is 4.15. The molecule has 5 nitrogen and oxygen atoms in total. The van der Waals surface area contributed by atoms with Crippen LogP contribution in [-0.2, 0) is 4.79 Å². The lowest BCUT2D eigenvalue weighted by atomic mass is 9.81. The second kappa shape index (κ2) is 7.22. The van der Waals surface area contributed by atoms with Gasteiger partial charge in [-0.25, -0.2) is 4.99 Å². The monoisotopic (exact) mass is 364 g/mol. The molecule has 0 aliphatic carbocycles. The molecular formula is C22H28N4O. The fourth-order valence-corrected chi connectivity index (χ4v) is 4.63. The number of carbonyl (C=O) groups excluding carboxylic acids is 1. The number of nitrogens with one attached hydrogen (secondary N) is 1. The maximum atomic E-state index is 13.3. The van der Waals surface area contributed by atoms with E-state index in [1.807, 2.05) is 41.3 Å². The topological polar surface area (TPSA) is 47.9 Å². The Kier molecular flexibility index (Phi) is 4.77. The summed E-state index contributed by atoms with van der Waals surface area (Å²) in [6, 6.07) is 9.93. The number of allylic oxidation sites excluding steroid dienone is 1. The van der Waals surface area contributed by atoms with E-state index in [0.717, 1.165) is 55.7 Å². The van der Waals surface area contributed by atoms with Gasteiger partial charge in [0.15, 0.2) is 0 Å². The smallest absolute Gasteiger partial charge is 0.298 e. The van der Waals surface area contributed by atoms with E-state index in [1.165, 1.54) is 0 Å². The number of benzene rings is 1. The van der Waals surface area contributed by atoms with Crippen LogP contribution in [0.2, 0.25) is 0 Å². The van der Waals surface area contributed by atoms with E-state index in [2.05, 4.69) is 29.1 Å². The summed E-state index contributed by atoms with van der Waals surface area (Å²) in [7, 11) is 0. The van der Waals surface area contributed by atoms with Crippen LogP contribution in [0.25, 0.3) is 0 Å². The summed E-state index contributed by atoms with van der Waals surface area (Å²) in [5.41, 5.74) is 2.09. The van der Waals surface area contributed by atoms with Crippen LogP contribution in [0, 0.1) is 0 Å². The normalized spacial score (nSPS) is 20.8. The highest BCUT2D eigenvalue weighted by Gasteiger charge is 2.44. The summed E-state index contributed by atoms with van der Waals surface area (Å²) in [6.07, 6.45) is 10.3. The minimum absolute atomic E-state index is 0.0374. The van der Waals surface area contributed by atoms with Crippen LogP contribution in [-0.4, -0.2) is 28.7 Å². The van der Waals surface area contributed by atoms with Gasteiger partial charge >= 0.3 is 0 Å². The Morgan fingerprint density at radius 2 is 1.89 bits per heavy atom. The van der Waals surface area contributed by atoms with Crippen LogP contribution in [0.4, 0.5) is 5.69 Å². The van der Waals surface area contributed by atoms with Crippen LogP contribution in [0.15, 0.2) is 59.1 Å². The maximum Gasteiger partial charge on any atom is 0.298 e. The lowest BCUT2D eigenvalue weighted by Gasteiger charge is -2.49. The molecule has 1 N–H and O–H groups in total. The molecule has 0 fully saturated rings. The molecule has 1 aromatic carbocycles. The third-order valence-electron chi connectivity index (χ3n) is 5.75. The first-order valence-corrected chi connectivity index (χ1v) is 10.1. The third kappa shape index (κ3) is 3.05. The number of nitrogens with zero attached hydrogens (tertiary/aromatic N) is 3. The Morgan fingerprint density at radius 1 is 1.15 bits per heavy atom. The first-order chi connectivity index (χ1) is 13.2. The number of anilines is 1. The fourth-order valence-electron chi connectivity index (χ4n) is 4.63. The summed E-state index contributed by atoms with van der Waals surface area (Å²) < 4.78 is 0. The number of carbonyl (C=O) groups is 1. The summed E-state index contributed by atoms with van der Waals surface area (Å²) in [5, 5.41) is 3.89.